The smallest absolute Gasteiger partial charge is 0.350 e. The number of carbonyl (C=O) groups is 2. The number of nitrogens with one attached hydrogen (secondary N) is 1. The summed E-state index contributed by atoms with van der Waals surface area (Å²) in [5.74, 6) is -0.919. The van der Waals surface area contributed by atoms with E-state index in [0.717, 1.165) is 16.1 Å². The number of aromatic nitrogens is 1. The number of hydrogen-bond acceptors (Lipinski definition) is 5. The summed E-state index contributed by atoms with van der Waals surface area (Å²) in [6.45, 7) is 1.75. The van der Waals surface area contributed by atoms with Crippen LogP contribution in [-0.4, -0.2) is 23.5 Å². The summed E-state index contributed by atoms with van der Waals surface area (Å²) in [4.78, 5) is 29.0. The predicted octanol–water partition coefficient (Wildman–Crippen LogP) is 4.25. The molecule has 5 nitrogen and oxygen atoms in total. The number of thiazole rings is 1. The maximum atomic E-state index is 12.3. The van der Waals surface area contributed by atoms with Crippen LogP contribution in [0.2, 0.25) is 5.02 Å². The van der Waals surface area contributed by atoms with Gasteiger partial charge in [-0.25, -0.2) is 9.78 Å². The molecular formula is C20H17ClN2O3S. The minimum Gasteiger partial charge on any atom is -0.451 e. The summed E-state index contributed by atoms with van der Waals surface area (Å²) >= 11 is 7.08. The molecule has 0 fully saturated rings. The van der Waals surface area contributed by atoms with Crippen LogP contribution >= 0.6 is 22.9 Å². The third-order valence-electron chi connectivity index (χ3n) is 3.74. The van der Waals surface area contributed by atoms with E-state index in [1.807, 2.05) is 42.5 Å². The van der Waals surface area contributed by atoms with Gasteiger partial charge in [-0.3, -0.25) is 4.79 Å². The summed E-state index contributed by atoms with van der Waals surface area (Å²) in [5, 5.41) is 4.08. The third kappa shape index (κ3) is 5.15. The molecule has 2 aromatic carbocycles. The number of benzene rings is 2. The Labute approximate surface area is 166 Å². The second-order valence-corrected chi connectivity index (χ2v) is 7.21. The van der Waals surface area contributed by atoms with Gasteiger partial charge in [0.1, 0.15) is 9.88 Å². The van der Waals surface area contributed by atoms with Crippen molar-refractivity contribution in [2.24, 2.45) is 0 Å². The van der Waals surface area contributed by atoms with Crippen LogP contribution in [0, 0.1) is 6.92 Å². The van der Waals surface area contributed by atoms with Gasteiger partial charge in [0.25, 0.3) is 5.91 Å². The van der Waals surface area contributed by atoms with Gasteiger partial charge in [0.2, 0.25) is 0 Å². The van der Waals surface area contributed by atoms with E-state index in [1.54, 1.807) is 19.1 Å². The number of amides is 1. The van der Waals surface area contributed by atoms with E-state index in [-0.39, 0.29) is 12.5 Å². The number of ether oxygens (including phenoxy) is 1. The fraction of sp³-hybridized carbons (Fsp3) is 0.150. The highest BCUT2D eigenvalue weighted by Crippen LogP contribution is 2.28. The molecule has 1 heterocycles. The molecule has 0 atom stereocenters. The van der Waals surface area contributed by atoms with Crippen LogP contribution in [0.15, 0.2) is 54.6 Å². The van der Waals surface area contributed by atoms with Crippen molar-refractivity contribution in [3.05, 3.63) is 75.8 Å². The molecule has 0 unspecified atom stereocenters. The van der Waals surface area contributed by atoms with E-state index >= 15 is 0 Å². The Morgan fingerprint density at radius 2 is 1.81 bits per heavy atom. The van der Waals surface area contributed by atoms with Crippen LogP contribution in [0.5, 0.6) is 0 Å². The minimum atomic E-state index is -0.547. The Hall–Kier alpha value is -2.70. The molecule has 0 saturated carbocycles. The molecule has 0 aliphatic carbocycles. The Morgan fingerprint density at radius 1 is 1.11 bits per heavy atom. The van der Waals surface area contributed by atoms with E-state index in [9.17, 15) is 9.59 Å². The molecule has 3 rings (SSSR count). The SMILES string of the molecule is Cc1nc(-c2ccccc2)sc1C(=O)OCC(=O)NCc1ccc(Cl)cc1. The van der Waals surface area contributed by atoms with Gasteiger partial charge >= 0.3 is 5.97 Å². The lowest BCUT2D eigenvalue weighted by Crippen LogP contribution is -2.28. The highest BCUT2D eigenvalue weighted by Gasteiger charge is 2.18. The lowest BCUT2D eigenvalue weighted by Gasteiger charge is -2.06. The van der Waals surface area contributed by atoms with Crippen molar-refractivity contribution in [1.29, 1.82) is 0 Å². The summed E-state index contributed by atoms with van der Waals surface area (Å²) in [7, 11) is 0. The molecule has 0 bridgehead atoms. The zero-order valence-corrected chi connectivity index (χ0v) is 16.1. The van der Waals surface area contributed by atoms with Gasteiger partial charge in [-0.15, -0.1) is 11.3 Å². The van der Waals surface area contributed by atoms with Gasteiger partial charge in [0.15, 0.2) is 6.61 Å². The molecule has 0 spiro atoms. The van der Waals surface area contributed by atoms with E-state index < -0.39 is 5.97 Å². The molecule has 7 heteroatoms. The monoisotopic (exact) mass is 400 g/mol. The first-order chi connectivity index (χ1) is 13.0. The fourth-order valence-electron chi connectivity index (χ4n) is 2.34. The summed E-state index contributed by atoms with van der Waals surface area (Å²) in [6.07, 6.45) is 0. The van der Waals surface area contributed by atoms with Crippen molar-refractivity contribution in [1.82, 2.24) is 10.3 Å². The number of esters is 1. The van der Waals surface area contributed by atoms with Crippen LogP contribution in [0.3, 0.4) is 0 Å². The number of carbonyl (C=O) groups excluding carboxylic acids is 2. The zero-order valence-electron chi connectivity index (χ0n) is 14.6. The third-order valence-corrected chi connectivity index (χ3v) is 5.18. The van der Waals surface area contributed by atoms with Crippen LogP contribution < -0.4 is 5.32 Å². The van der Waals surface area contributed by atoms with E-state index in [4.69, 9.17) is 16.3 Å². The Kier molecular flexibility index (Phi) is 6.21. The van der Waals surface area contributed by atoms with Crippen LogP contribution in [0.4, 0.5) is 0 Å². The normalized spacial score (nSPS) is 10.4. The fourth-order valence-corrected chi connectivity index (χ4v) is 3.43. The maximum Gasteiger partial charge on any atom is 0.350 e. The van der Waals surface area contributed by atoms with Crippen molar-refractivity contribution < 1.29 is 14.3 Å². The molecule has 1 N–H and O–H groups in total. The molecule has 3 aromatic rings. The number of hydrogen-bond donors (Lipinski definition) is 1. The molecule has 0 aliphatic heterocycles. The van der Waals surface area contributed by atoms with Gasteiger partial charge < -0.3 is 10.1 Å². The Balaban J connectivity index is 1.54. The first kappa shape index (κ1) is 19.1. The Bertz CT molecular complexity index is 940. The van der Waals surface area contributed by atoms with Gasteiger partial charge in [-0.1, -0.05) is 54.1 Å². The first-order valence-electron chi connectivity index (χ1n) is 8.24. The molecule has 0 aliphatic rings. The topological polar surface area (TPSA) is 68.3 Å². The lowest BCUT2D eigenvalue weighted by molar-refractivity contribution is -0.124. The average Bonchev–Trinajstić information content (AvgIpc) is 3.08. The van der Waals surface area contributed by atoms with Crippen LogP contribution in [-0.2, 0) is 16.1 Å². The molecule has 138 valence electrons. The highest BCUT2D eigenvalue weighted by molar-refractivity contribution is 7.17. The van der Waals surface area contributed by atoms with E-state index in [2.05, 4.69) is 10.3 Å². The molecule has 1 aromatic heterocycles. The van der Waals surface area contributed by atoms with Gasteiger partial charge in [0, 0.05) is 17.1 Å². The van der Waals surface area contributed by atoms with Crippen molar-refractivity contribution in [3.8, 4) is 10.6 Å². The minimum absolute atomic E-state index is 0.339. The molecule has 1 amide bonds. The van der Waals surface area contributed by atoms with Crippen molar-refractivity contribution in [2.45, 2.75) is 13.5 Å². The van der Waals surface area contributed by atoms with Crippen LogP contribution in [0.25, 0.3) is 10.6 Å². The molecule has 0 radical (unpaired) electrons. The molecular weight excluding hydrogens is 384 g/mol. The largest absolute Gasteiger partial charge is 0.451 e. The van der Waals surface area contributed by atoms with Crippen molar-refractivity contribution >= 4 is 34.8 Å². The quantitative estimate of drug-likeness (QED) is 0.628. The van der Waals surface area contributed by atoms with Gasteiger partial charge in [-0.2, -0.15) is 0 Å². The molecule has 0 saturated heterocycles. The molecule has 27 heavy (non-hydrogen) atoms. The van der Waals surface area contributed by atoms with Crippen molar-refractivity contribution in [2.75, 3.05) is 6.61 Å². The van der Waals surface area contributed by atoms with E-state index in [1.165, 1.54) is 11.3 Å². The highest BCUT2D eigenvalue weighted by atomic mass is 35.5. The zero-order chi connectivity index (χ0) is 19.2. The second-order valence-electron chi connectivity index (χ2n) is 5.78. The van der Waals surface area contributed by atoms with E-state index in [0.29, 0.717) is 22.1 Å². The number of nitrogens with zero attached hydrogens (tertiary/aromatic N) is 1. The predicted molar refractivity (Wildman–Crippen MR) is 106 cm³/mol. The van der Waals surface area contributed by atoms with Crippen molar-refractivity contribution in [3.63, 3.8) is 0 Å². The average molecular weight is 401 g/mol. The maximum absolute atomic E-state index is 12.3. The summed E-state index contributed by atoms with van der Waals surface area (Å²) < 4.78 is 5.13. The number of aryl methyl sites for hydroxylation is 1. The first-order valence-corrected chi connectivity index (χ1v) is 9.43. The summed E-state index contributed by atoms with van der Waals surface area (Å²) in [6, 6.07) is 16.7. The number of halogens is 1. The Morgan fingerprint density at radius 3 is 2.52 bits per heavy atom. The second kappa shape index (κ2) is 8.79. The van der Waals surface area contributed by atoms with Crippen LogP contribution in [0.1, 0.15) is 20.9 Å². The number of rotatable bonds is 6. The lowest BCUT2D eigenvalue weighted by atomic mass is 10.2. The standard InChI is InChI=1S/C20H17ClN2O3S/c1-13-18(27-19(23-13)15-5-3-2-4-6-15)20(25)26-12-17(24)22-11-14-7-9-16(21)10-8-14/h2-10H,11-12H2,1H3,(H,22,24). The van der Waals surface area contributed by atoms with Gasteiger partial charge in [-0.05, 0) is 24.6 Å². The van der Waals surface area contributed by atoms with Gasteiger partial charge in [0.05, 0.1) is 5.69 Å². The summed E-state index contributed by atoms with van der Waals surface area (Å²) in [5.41, 5.74) is 2.43.